The molecule has 0 aromatic heterocycles. The molecule has 0 saturated carbocycles. The van der Waals surface area contributed by atoms with Crippen LogP contribution < -0.4 is 0 Å². The molecule has 2 unspecified atom stereocenters. The fourth-order valence-electron chi connectivity index (χ4n) is 0.982. The first-order valence-electron chi connectivity index (χ1n) is 3.77. The Morgan fingerprint density at radius 2 is 2.07 bits per heavy atom. The predicted octanol–water partition coefficient (Wildman–Crippen LogP) is 2.02. The molecule has 0 spiro atoms. The van der Waals surface area contributed by atoms with E-state index in [1.807, 2.05) is 0 Å². The fourth-order valence-corrected chi connectivity index (χ4v) is 1.77. The molecule has 1 aromatic carbocycles. The Balaban J connectivity index is 3.03. The van der Waals surface area contributed by atoms with Crippen molar-refractivity contribution in [2.24, 2.45) is 0 Å². The summed E-state index contributed by atoms with van der Waals surface area (Å²) in [5.41, 5.74) is 0.337. The average molecular weight is 277 g/mol. The summed E-state index contributed by atoms with van der Waals surface area (Å²) in [5, 5.41) is 27.3. The smallest absolute Gasteiger partial charge is 0.170 e. The molecule has 0 radical (unpaired) electrons. The van der Waals surface area contributed by atoms with Crippen molar-refractivity contribution in [1.82, 2.24) is 0 Å². The van der Waals surface area contributed by atoms with Gasteiger partial charge in [-0.1, -0.05) is 33.6 Å². The van der Waals surface area contributed by atoms with Crippen LogP contribution in [0.4, 0.5) is 0 Å². The van der Waals surface area contributed by atoms with E-state index in [4.69, 9.17) is 22.0 Å². The lowest BCUT2D eigenvalue weighted by atomic mass is 10.1. The Morgan fingerprint density at radius 3 is 2.57 bits per heavy atom. The van der Waals surface area contributed by atoms with Gasteiger partial charge in [0.15, 0.2) is 6.10 Å². The van der Waals surface area contributed by atoms with Crippen molar-refractivity contribution in [3.63, 3.8) is 0 Å². The molecule has 0 saturated heterocycles. The van der Waals surface area contributed by atoms with Crippen molar-refractivity contribution in [2.75, 3.05) is 0 Å². The Bertz CT molecular complexity index is 378. The topological polar surface area (TPSA) is 64.2 Å². The van der Waals surface area contributed by atoms with Gasteiger partial charge in [-0.3, -0.25) is 0 Å². The van der Waals surface area contributed by atoms with E-state index >= 15 is 0 Å². The summed E-state index contributed by atoms with van der Waals surface area (Å²) in [6.45, 7) is 0. The Kier molecular flexibility index (Phi) is 3.90. The molecule has 0 aliphatic rings. The van der Waals surface area contributed by atoms with E-state index in [0.717, 1.165) is 4.47 Å². The zero-order chi connectivity index (χ0) is 10.7. The summed E-state index contributed by atoms with van der Waals surface area (Å²) in [7, 11) is 0. The number of hydrogen-bond donors (Lipinski definition) is 2. The summed E-state index contributed by atoms with van der Waals surface area (Å²) in [5.74, 6) is 0. The first-order chi connectivity index (χ1) is 6.56. The second-order valence-electron chi connectivity index (χ2n) is 2.68. The monoisotopic (exact) mass is 275 g/mol. The van der Waals surface area contributed by atoms with Gasteiger partial charge in [-0.15, -0.1) is 0 Å². The van der Waals surface area contributed by atoms with Crippen LogP contribution in [0.15, 0.2) is 22.7 Å². The molecule has 1 rings (SSSR count). The van der Waals surface area contributed by atoms with Crippen LogP contribution in [0.3, 0.4) is 0 Å². The largest absolute Gasteiger partial charge is 0.384 e. The van der Waals surface area contributed by atoms with Gasteiger partial charge in [0.05, 0.1) is 6.07 Å². The standard InChI is InChI=1S/C9H7BrClNO2/c10-5-1-2-6(7(11)3-5)9(14)8(13)4-12/h1-3,8-9,13-14H. The molecular weight excluding hydrogens is 269 g/mol. The summed E-state index contributed by atoms with van der Waals surface area (Å²) >= 11 is 9.02. The van der Waals surface area contributed by atoms with E-state index in [9.17, 15) is 5.11 Å². The van der Waals surface area contributed by atoms with Gasteiger partial charge in [-0.2, -0.15) is 5.26 Å². The zero-order valence-electron chi connectivity index (χ0n) is 6.98. The molecule has 2 atom stereocenters. The van der Waals surface area contributed by atoms with Crippen LogP contribution in [0, 0.1) is 11.3 Å². The number of nitrogens with zero attached hydrogens (tertiary/aromatic N) is 1. The number of hydrogen-bond acceptors (Lipinski definition) is 3. The Morgan fingerprint density at radius 1 is 1.43 bits per heavy atom. The first kappa shape index (κ1) is 11.5. The maximum atomic E-state index is 9.49. The molecule has 3 nitrogen and oxygen atoms in total. The lowest BCUT2D eigenvalue weighted by Gasteiger charge is -2.13. The highest BCUT2D eigenvalue weighted by atomic mass is 79.9. The molecule has 0 heterocycles. The van der Waals surface area contributed by atoms with E-state index in [1.165, 1.54) is 0 Å². The number of aliphatic hydroxyl groups is 2. The van der Waals surface area contributed by atoms with Gasteiger partial charge >= 0.3 is 0 Å². The van der Waals surface area contributed by atoms with Gasteiger partial charge in [-0.25, -0.2) is 0 Å². The molecule has 14 heavy (non-hydrogen) atoms. The van der Waals surface area contributed by atoms with Crippen LogP contribution >= 0.6 is 27.5 Å². The second kappa shape index (κ2) is 4.76. The van der Waals surface area contributed by atoms with E-state index < -0.39 is 12.2 Å². The van der Waals surface area contributed by atoms with Gasteiger partial charge in [0.1, 0.15) is 6.10 Å². The van der Waals surface area contributed by atoms with Crippen molar-refractivity contribution in [1.29, 1.82) is 5.26 Å². The van der Waals surface area contributed by atoms with Crippen molar-refractivity contribution in [2.45, 2.75) is 12.2 Å². The molecule has 0 bridgehead atoms. The lowest BCUT2D eigenvalue weighted by molar-refractivity contribution is 0.0528. The van der Waals surface area contributed by atoms with Crippen LogP contribution in [-0.4, -0.2) is 16.3 Å². The maximum absolute atomic E-state index is 9.49. The molecule has 0 fully saturated rings. The van der Waals surface area contributed by atoms with Crippen molar-refractivity contribution < 1.29 is 10.2 Å². The fraction of sp³-hybridized carbons (Fsp3) is 0.222. The maximum Gasteiger partial charge on any atom is 0.170 e. The van der Waals surface area contributed by atoms with Gasteiger partial charge in [0.2, 0.25) is 0 Å². The van der Waals surface area contributed by atoms with Crippen LogP contribution in [0.2, 0.25) is 5.02 Å². The Labute approximate surface area is 94.7 Å². The van der Waals surface area contributed by atoms with Crippen molar-refractivity contribution in [3.05, 3.63) is 33.3 Å². The van der Waals surface area contributed by atoms with Crippen LogP contribution in [0.5, 0.6) is 0 Å². The van der Waals surface area contributed by atoms with Gasteiger partial charge < -0.3 is 10.2 Å². The quantitative estimate of drug-likeness (QED) is 0.812. The zero-order valence-corrected chi connectivity index (χ0v) is 9.33. The number of benzene rings is 1. The summed E-state index contributed by atoms with van der Waals surface area (Å²) < 4.78 is 0.768. The summed E-state index contributed by atoms with van der Waals surface area (Å²) in [4.78, 5) is 0. The van der Waals surface area contributed by atoms with Gasteiger partial charge in [0.25, 0.3) is 0 Å². The normalized spacial score (nSPS) is 14.5. The molecule has 5 heteroatoms. The van der Waals surface area contributed by atoms with Crippen LogP contribution in [0.25, 0.3) is 0 Å². The highest BCUT2D eigenvalue weighted by Gasteiger charge is 2.19. The SMILES string of the molecule is N#CC(O)C(O)c1ccc(Br)cc1Cl. The minimum Gasteiger partial charge on any atom is -0.384 e. The number of nitriles is 1. The van der Waals surface area contributed by atoms with Crippen LogP contribution in [-0.2, 0) is 0 Å². The van der Waals surface area contributed by atoms with E-state index in [1.54, 1.807) is 24.3 Å². The number of aliphatic hydroxyl groups excluding tert-OH is 2. The molecule has 1 aromatic rings. The van der Waals surface area contributed by atoms with E-state index in [0.29, 0.717) is 10.6 Å². The van der Waals surface area contributed by atoms with Gasteiger partial charge in [-0.05, 0) is 12.1 Å². The van der Waals surface area contributed by atoms with Crippen molar-refractivity contribution in [3.8, 4) is 6.07 Å². The molecule has 0 aliphatic heterocycles. The first-order valence-corrected chi connectivity index (χ1v) is 4.94. The minimum absolute atomic E-state index is 0.307. The van der Waals surface area contributed by atoms with Gasteiger partial charge in [0, 0.05) is 15.1 Å². The molecule has 0 amide bonds. The van der Waals surface area contributed by atoms with Crippen molar-refractivity contribution >= 4 is 27.5 Å². The molecular formula is C9H7BrClNO2. The highest BCUT2D eigenvalue weighted by Crippen LogP contribution is 2.27. The number of halogens is 2. The van der Waals surface area contributed by atoms with E-state index in [2.05, 4.69) is 15.9 Å². The summed E-state index contributed by atoms with van der Waals surface area (Å²) in [6.07, 6.45) is -2.74. The third kappa shape index (κ3) is 2.46. The lowest BCUT2D eigenvalue weighted by Crippen LogP contribution is -2.16. The predicted molar refractivity (Wildman–Crippen MR) is 55.7 cm³/mol. The highest BCUT2D eigenvalue weighted by molar-refractivity contribution is 9.10. The molecule has 74 valence electrons. The molecule has 2 N–H and O–H groups in total. The summed E-state index contributed by atoms with van der Waals surface area (Å²) in [6, 6.07) is 6.36. The third-order valence-corrected chi connectivity index (χ3v) is 2.53. The number of rotatable bonds is 2. The van der Waals surface area contributed by atoms with E-state index in [-0.39, 0.29) is 0 Å². The average Bonchev–Trinajstić information content (AvgIpc) is 2.15. The molecule has 0 aliphatic carbocycles. The van der Waals surface area contributed by atoms with Crippen LogP contribution in [0.1, 0.15) is 11.7 Å². The Hall–Kier alpha value is -0.600. The third-order valence-electron chi connectivity index (χ3n) is 1.71. The minimum atomic E-state index is -1.46. The second-order valence-corrected chi connectivity index (χ2v) is 4.01.